The molecule has 0 aromatic heterocycles. The molecule has 2 fully saturated rings. The third-order valence-corrected chi connectivity index (χ3v) is 14.6. The minimum atomic E-state index is -2.75. The van der Waals surface area contributed by atoms with Crippen LogP contribution in [0.4, 0.5) is 0 Å². The number of ether oxygens (including phenoxy) is 3. The molecule has 4 rings (SSSR count). The Kier molecular flexibility index (Phi) is 13.1. The Hall–Kier alpha value is -2.51. The lowest BCUT2D eigenvalue weighted by Crippen LogP contribution is -2.68. The minimum Gasteiger partial charge on any atom is -0.469 e. The monoisotopic (exact) mass is 646 g/mol. The molecule has 0 radical (unpaired) electrons. The highest BCUT2D eigenvalue weighted by atomic mass is 28.4. The number of hydrogen-bond acceptors (Lipinski definition) is 5. The smallest absolute Gasteiger partial charge is 0.305 e. The third kappa shape index (κ3) is 9.53. The lowest BCUT2D eigenvalue weighted by molar-refractivity contribution is -0.142. The van der Waals surface area contributed by atoms with Crippen LogP contribution in [0.2, 0.25) is 5.04 Å². The zero-order valence-corrected chi connectivity index (χ0v) is 30.4. The molecule has 0 unspecified atom stereocenters. The van der Waals surface area contributed by atoms with Crippen LogP contribution in [0.1, 0.15) is 99.3 Å². The molecular weight excluding hydrogens is 589 g/mol. The second-order valence-corrected chi connectivity index (χ2v) is 18.8. The fourth-order valence-corrected chi connectivity index (χ4v) is 11.8. The maximum atomic E-state index is 12.1. The molecule has 2 aromatic rings. The Labute approximate surface area is 279 Å². The molecule has 1 saturated carbocycles. The molecule has 1 saturated heterocycles. The number of benzene rings is 2. The first kappa shape index (κ1) is 36.3. The van der Waals surface area contributed by atoms with Crippen LogP contribution in [0.3, 0.4) is 0 Å². The second-order valence-electron chi connectivity index (χ2n) is 14.6. The van der Waals surface area contributed by atoms with Gasteiger partial charge in [-0.1, -0.05) is 126 Å². The molecule has 46 heavy (non-hydrogen) atoms. The van der Waals surface area contributed by atoms with Crippen molar-refractivity contribution in [1.29, 1.82) is 0 Å². The van der Waals surface area contributed by atoms with E-state index < -0.39 is 14.1 Å². The lowest BCUT2D eigenvalue weighted by Gasteiger charge is -2.45. The lowest BCUT2D eigenvalue weighted by atomic mass is 10.1. The number of carbonyl (C=O) groups excluding carboxylic acids is 1. The number of esters is 1. The summed E-state index contributed by atoms with van der Waals surface area (Å²) < 4.78 is 25.3. The normalized spacial score (nSPS) is 23.6. The largest absolute Gasteiger partial charge is 0.469 e. The molecule has 2 aliphatic rings. The molecule has 2 aromatic carbocycles. The molecule has 1 heterocycles. The van der Waals surface area contributed by atoms with Gasteiger partial charge < -0.3 is 18.6 Å². The number of allylic oxidation sites excluding steroid dienone is 2. The number of methoxy groups -OCH3 is 1. The summed E-state index contributed by atoms with van der Waals surface area (Å²) >= 11 is 0. The fourth-order valence-electron chi connectivity index (χ4n) is 7.03. The molecule has 0 spiro atoms. The van der Waals surface area contributed by atoms with Crippen molar-refractivity contribution < 1.29 is 23.4 Å². The third-order valence-electron chi connectivity index (χ3n) is 9.49. The van der Waals surface area contributed by atoms with Gasteiger partial charge in [0.05, 0.1) is 13.2 Å². The minimum absolute atomic E-state index is 0.00934. The average Bonchev–Trinajstić information content (AvgIpc) is 3.75. The topological polar surface area (TPSA) is 54.0 Å². The summed E-state index contributed by atoms with van der Waals surface area (Å²) in [4.78, 5) is 12.1. The van der Waals surface area contributed by atoms with Crippen molar-refractivity contribution in [3.8, 4) is 0 Å². The Morgan fingerprint density at radius 2 is 1.61 bits per heavy atom. The van der Waals surface area contributed by atoms with E-state index in [2.05, 4.69) is 113 Å². The summed E-state index contributed by atoms with van der Waals surface area (Å²) in [6.45, 7) is 13.2. The van der Waals surface area contributed by atoms with E-state index in [0.29, 0.717) is 18.3 Å². The summed E-state index contributed by atoms with van der Waals surface area (Å²) in [7, 11) is -1.28. The molecule has 1 aliphatic heterocycles. The van der Waals surface area contributed by atoms with Crippen LogP contribution in [0.25, 0.3) is 0 Å². The van der Waals surface area contributed by atoms with Crippen LogP contribution in [0, 0.1) is 11.8 Å². The van der Waals surface area contributed by atoms with Gasteiger partial charge in [-0.15, -0.1) is 0 Å². The molecule has 252 valence electrons. The highest BCUT2D eigenvalue weighted by Gasteiger charge is 2.54. The van der Waals surface area contributed by atoms with Crippen molar-refractivity contribution in [2.75, 3.05) is 7.11 Å². The Bertz CT molecular complexity index is 1230. The SMILES string of the molecule is CCCCC/C=C\C[C@@H]1OC(C)(C)O[C@@H]1/C=C/[C@H]1C[C@@H]1[C@@H](CCCC(=O)OC)O[Si](c1ccccc1)(c1ccccc1)C(C)(C)C. The van der Waals surface area contributed by atoms with E-state index in [0.717, 1.165) is 32.1 Å². The van der Waals surface area contributed by atoms with Crippen molar-refractivity contribution in [2.45, 2.75) is 128 Å². The van der Waals surface area contributed by atoms with E-state index in [4.69, 9.17) is 18.6 Å². The van der Waals surface area contributed by atoms with Crippen molar-refractivity contribution in [3.63, 3.8) is 0 Å². The summed E-state index contributed by atoms with van der Waals surface area (Å²) in [5.41, 5.74) is 0. The zero-order chi connectivity index (χ0) is 33.2. The molecular formula is C40H58O5Si. The van der Waals surface area contributed by atoms with Crippen LogP contribution >= 0.6 is 0 Å². The summed E-state index contributed by atoms with van der Waals surface area (Å²) in [6.07, 6.45) is 17.9. The molecule has 5 atom stereocenters. The molecule has 0 amide bonds. The predicted molar refractivity (Wildman–Crippen MR) is 191 cm³/mol. The van der Waals surface area contributed by atoms with Crippen molar-refractivity contribution in [1.82, 2.24) is 0 Å². The number of unbranched alkanes of at least 4 members (excludes halogenated alkanes) is 3. The highest BCUT2D eigenvalue weighted by molar-refractivity contribution is 6.99. The van der Waals surface area contributed by atoms with Gasteiger partial charge in [-0.3, -0.25) is 4.79 Å². The Morgan fingerprint density at radius 1 is 0.957 bits per heavy atom. The summed E-state index contributed by atoms with van der Waals surface area (Å²) in [5, 5.41) is 2.45. The maximum absolute atomic E-state index is 12.1. The standard InChI is InChI=1S/C40H58O5Si/c1-8-9-10-11-12-19-25-36-37(44-40(5,6)43-36)29-28-31-30-34(31)35(26-20-27-38(41)42-7)45-46(39(2,3)4,32-21-15-13-16-22-32)33-23-17-14-18-24-33/h12-19,21-24,28-29,31,34-37H,8-11,20,25-27,30H2,1-7H3/b19-12-,29-28+/t31-,34-,35+,36-,37+/m0/s1. The van der Waals surface area contributed by atoms with Crippen molar-refractivity contribution >= 4 is 24.7 Å². The van der Waals surface area contributed by atoms with Crippen LogP contribution in [-0.2, 0) is 23.4 Å². The van der Waals surface area contributed by atoms with E-state index in [1.807, 2.05) is 13.8 Å². The first-order valence-corrected chi connectivity index (χ1v) is 19.5. The van der Waals surface area contributed by atoms with Gasteiger partial charge >= 0.3 is 5.97 Å². The first-order chi connectivity index (χ1) is 22.0. The number of rotatable bonds is 17. The van der Waals surface area contributed by atoms with E-state index >= 15 is 0 Å². The van der Waals surface area contributed by atoms with Crippen molar-refractivity contribution in [2.24, 2.45) is 11.8 Å². The van der Waals surface area contributed by atoms with E-state index in [-0.39, 0.29) is 29.3 Å². The van der Waals surface area contributed by atoms with Crippen LogP contribution in [-0.4, -0.2) is 45.5 Å². The Balaban J connectivity index is 1.56. The molecule has 6 heteroatoms. The maximum Gasteiger partial charge on any atom is 0.305 e. The van der Waals surface area contributed by atoms with Gasteiger partial charge in [0.2, 0.25) is 0 Å². The zero-order valence-electron chi connectivity index (χ0n) is 29.4. The van der Waals surface area contributed by atoms with Gasteiger partial charge in [0.1, 0.15) is 6.10 Å². The summed E-state index contributed by atoms with van der Waals surface area (Å²) in [6, 6.07) is 21.7. The fraction of sp³-hybridized carbons (Fsp3) is 0.575. The van der Waals surface area contributed by atoms with Gasteiger partial charge in [-0.25, -0.2) is 0 Å². The van der Waals surface area contributed by atoms with E-state index in [1.54, 1.807) is 0 Å². The van der Waals surface area contributed by atoms with Gasteiger partial charge in [0, 0.05) is 12.5 Å². The van der Waals surface area contributed by atoms with E-state index in [9.17, 15) is 4.79 Å². The second kappa shape index (κ2) is 16.5. The van der Waals surface area contributed by atoms with Crippen LogP contribution in [0.5, 0.6) is 0 Å². The van der Waals surface area contributed by atoms with Crippen molar-refractivity contribution in [3.05, 3.63) is 85.0 Å². The molecule has 1 aliphatic carbocycles. The summed E-state index contributed by atoms with van der Waals surface area (Å²) in [5.74, 6) is 0.0196. The molecule has 5 nitrogen and oxygen atoms in total. The first-order valence-electron chi connectivity index (χ1n) is 17.6. The number of carbonyl (C=O) groups is 1. The van der Waals surface area contributed by atoms with Gasteiger partial charge in [-0.2, -0.15) is 0 Å². The predicted octanol–water partition coefficient (Wildman–Crippen LogP) is 8.51. The van der Waals surface area contributed by atoms with E-state index in [1.165, 1.54) is 36.7 Å². The van der Waals surface area contributed by atoms with Crippen LogP contribution < -0.4 is 10.4 Å². The van der Waals surface area contributed by atoms with Gasteiger partial charge in [0.15, 0.2) is 5.79 Å². The van der Waals surface area contributed by atoms with Gasteiger partial charge in [-0.05, 0) is 79.6 Å². The van der Waals surface area contributed by atoms with Gasteiger partial charge in [0.25, 0.3) is 8.32 Å². The Morgan fingerprint density at radius 3 is 2.20 bits per heavy atom. The number of hydrogen-bond donors (Lipinski definition) is 0. The molecule has 0 N–H and O–H groups in total. The van der Waals surface area contributed by atoms with Crippen LogP contribution in [0.15, 0.2) is 85.0 Å². The highest BCUT2D eigenvalue weighted by Crippen LogP contribution is 2.48. The quantitative estimate of drug-likeness (QED) is 0.0747. The molecule has 0 bridgehead atoms. The average molecular weight is 647 g/mol.